The van der Waals surface area contributed by atoms with E-state index in [9.17, 15) is 18.8 Å². The smallest absolute Gasteiger partial charge is 0.299 e. The second kappa shape index (κ2) is 4.15. The largest absolute Gasteiger partial charge is 0.352 e. The van der Waals surface area contributed by atoms with E-state index in [0.29, 0.717) is 5.69 Å². The van der Waals surface area contributed by atoms with Crippen molar-refractivity contribution >= 4 is 23.3 Å². The highest BCUT2D eigenvalue weighted by atomic mass is 19.1. The number of benzene rings is 1. The molecule has 0 radical (unpaired) electrons. The first kappa shape index (κ1) is 11.8. The highest BCUT2D eigenvalue weighted by molar-refractivity contribution is 6.52. The SMILES string of the molecule is O=C(CN1C(=O)C(=O)c2cc(F)ccc21)NC1CC1. The summed E-state index contributed by atoms with van der Waals surface area (Å²) < 4.78 is 13.1. The monoisotopic (exact) mass is 262 g/mol. The molecule has 1 aliphatic heterocycles. The summed E-state index contributed by atoms with van der Waals surface area (Å²) in [5.74, 6) is -2.44. The summed E-state index contributed by atoms with van der Waals surface area (Å²) in [5, 5.41) is 2.74. The van der Waals surface area contributed by atoms with Crippen LogP contribution in [0.2, 0.25) is 0 Å². The van der Waals surface area contributed by atoms with Crippen LogP contribution in [0.4, 0.5) is 10.1 Å². The van der Waals surface area contributed by atoms with Crippen LogP contribution < -0.4 is 10.2 Å². The number of hydrogen-bond acceptors (Lipinski definition) is 3. The fourth-order valence-electron chi connectivity index (χ4n) is 2.07. The van der Waals surface area contributed by atoms with E-state index in [0.717, 1.165) is 29.9 Å². The van der Waals surface area contributed by atoms with Gasteiger partial charge in [0.05, 0.1) is 11.3 Å². The van der Waals surface area contributed by atoms with Crippen molar-refractivity contribution in [1.82, 2.24) is 5.32 Å². The molecule has 1 aromatic rings. The molecule has 1 heterocycles. The van der Waals surface area contributed by atoms with Crippen molar-refractivity contribution in [3.63, 3.8) is 0 Å². The molecule has 1 aromatic carbocycles. The third kappa shape index (κ3) is 2.09. The van der Waals surface area contributed by atoms with E-state index in [1.54, 1.807) is 0 Å². The van der Waals surface area contributed by atoms with E-state index in [2.05, 4.69) is 5.32 Å². The van der Waals surface area contributed by atoms with Crippen molar-refractivity contribution in [2.75, 3.05) is 11.4 Å². The fraction of sp³-hybridized carbons (Fsp3) is 0.308. The molecular formula is C13H11FN2O3. The van der Waals surface area contributed by atoms with Gasteiger partial charge in [0.2, 0.25) is 5.91 Å². The van der Waals surface area contributed by atoms with Gasteiger partial charge in [0.1, 0.15) is 12.4 Å². The molecule has 0 unspecified atom stereocenters. The molecule has 2 amide bonds. The number of Topliss-reactive ketones (excluding diaryl/α,β-unsaturated/α-hetero) is 1. The molecule has 0 spiro atoms. The lowest BCUT2D eigenvalue weighted by atomic mass is 10.1. The van der Waals surface area contributed by atoms with Gasteiger partial charge in [-0.15, -0.1) is 0 Å². The number of nitrogens with one attached hydrogen (secondary N) is 1. The normalized spacial score (nSPS) is 17.6. The van der Waals surface area contributed by atoms with Gasteiger partial charge < -0.3 is 5.32 Å². The Kier molecular flexibility index (Phi) is 2.58. The molecule has 0 atom stereocenters. The van der Waals surface area contributed by atoms with Gasteiger partial charge in [0.25, 0.3) is 11.7 Å². The maximum atomic E-state index is 13.1. The van der Waals surface area contributed by atoms with Crippen LogP contribution in [0.5, 0.6) is 0 Å². The number of halogens is 1. The minimum Gasteiger partial charge on any atom is -0.352 e. The molecular weight excluding hydrogens is 251 g/mol. The fourth-order valence-corrected chi connectivity index (χ4v) is 2.07. The highest BCUT2D eigenvalue weighted by Crippen LogP contribution is 2.29. The van der Waals surface area contributed by atoms with Crippen LogP contribution in [-0.4, -0.2) is 30.2 Å². The summed E-state index contributed by atoms with van der Waals surface area (Å²) in [6, 6.07) is 3.72. The standard InChI is InChI=1S/C13H11FN2O3/c14-7-1-4-10-9(5-7)12(18)13(19)16(10)6-11(17)15-8-2-3-8/h1,4-5,8H,2-3,6H2,(H,15,17). The maximum Gasteiger partial charge on any atom is 0.299 e. The summed E-state index contributed by atoms with van der Waals surface area (Å²) in [4.78, 5) is 36.3. The zero-order valence-corrected chi connectivity index (χ0v) is 9.98. The van der Waals surface area contributed by atoms with Crippen LogP contribution in [-0.2, 0) is 9.59 Å². The number of carbonyl (C=O) groups excluding carboxylic acids is 3. The number of ketones is 1. The molecule has 0 aromatic heterocycles. The van der Waals surface area contributed by atoms with E-state index in [1.807, 2.05) is 0 Å². The second-order valence-corrected chi connectivity index (χ2v) is 4.72. The van der Waals surface area contributed by atoms with Crippen LogP contribution in [0.25, 0.3) is 0 Å². The molecule has 3 rings (SSSR count). The predicted octanol–water partition coefficient (Wildman–Crippen LogP) is 0.634. The molecule has 2 aliphatic rings. The quantitative estimate of drug-likeness (QED) is 0.813. The van der Waals surface area contributed by atoms with Crippen LogP contribution in [0, 0.1) is 5.82 Å². The second-order valence-electron chi connectivity index (χ2n) is 4.72. The van der Waals surface area contributed by atoms with Crippen LogP contribution in [0.1, 0.15) is 23.2 Å². The Bertz CT molecular complexity index is 596. The Balaban J connectivity index is 1.84. The van der Waals surface area contributed by atoms with Gasteiger partial charge in [-0.2, -0.15) is 0 Å². The number of fused-ring (bicyclic) bond motifs is 1. The van der Waals surface area contributed by atoms with Gasteiger partial charge in [-0.3, -0.25) is 19.3 Å². The summed E-state index contributed by atoms with van der Waals surface area (Å²) in [6.45, 7) is -0.209. The van der Waals surface area contributed by atoms with E-state index < -0.39 is 17.5 Å². The first-order valence-electron chi connectivity index (χ1n) is 6.01. The van der Waals surface area contributed by atoms with Crippen LogP contribution >= 0.6 is 0 Å². The lowest BCUT2D eigenvalue weighted by molar-refractivity contribution is -0.122. The maximum absolute atomic E-state index is 13.1. The van der Waals surface area contributed by atoms with Crippen LogP contribution in [0.3, 0.4) is 0 Å². The first-order valence-corrected chi connectivity index (χ1v) is 6.01. The number of hydrogen-bond donors (Lipinski definition) is 1. The minimum absolute atomic E-state index is 0.0178. The molecule has 1 saturated carbocycles. The lowest BCUT2D eigenvalue weighted by Gasteiger charge is -2.15. The molecule has 19 heavy (non-hydrogen) atoms. The van der Waals surface area contributed by atoms with Gasteiger partial charge in [-0.1, -0.05) is 0 Å². The van der Waals surface area contributed by atoms with E-state index in [4.69, 9.17) is 0 Å². The van der Waals surface area contributed by atoms with Crippen molar-refractivity contribution < 1.29 is 18.8 Å². The van der Waals surface area contributed by atoms with Crippen molar-refractivity contribution in [2.45, 2.75) is 18.9 Å². The van der Waals surface area contributed by atoms with Gasteiger partial charge in [0, 0.05) is 6.04 Å². The topological polar surface area (TPSA) is 66.5 Å². The summed E-state index contributed by atoms with van der Waals surface area (Å²) in [5.41, 5.74) is 0.312. The Morgan fingerprint density at radius 1 is 1.37 bits per heavy atom. The average molecular weight is 262 g/mol. The molecule has 6 heteroatoms. The molecule has 1 aliphatic carbocycles. The lowest BCUT2D eigenvalue weighted by Crippen LogP contribution is -2.40. The molecule has 0 saturated heterocycles. The number of rotatable bonds is 3. The van der Waals surface area contributed by atoms with Crippen molar-refractivity contribution in [3.8, 4) is 0 Å². The third-order valence-corrected chi connectivity index (χ3v) is 3.18. The third-order valence-electron chi connectivity index (χ3n) is 3.18. The zero-order valence-electron chi connectivity index (χ0n) is 9.98. The molecule has 5 nitrogen and oxygen atoms in total. The molecule has 1 N–H and O–H groups in total. The minimum atomic E-state index is -0.786. The van der Waals surface area contributed by atoms with Gasteiger partial charge >= 0.3 is 0 Å². The Hall–Kier alpha value is -2.24. The number of nitrogens with zero attached hydrogens (tertiary/aromatic N) is 1. The van der Waals surface area contributed by atoms with Crippen molar-refractivity contribution in [1.29, 1.82) is 0 Å². The summed E-state index contributed by atoms with van der Waals surface area (Å²) in [7, 11) is 0. The summed E-state index contributed by atoms with van der Waals surface area (Å²) in [6.07, 6.45) is 1.89. The van der Waals surface area contributed by atoms with Gasteiger partial charge in [-0.05, 0) is 31.0 Å². The first-order chi connectivity index (χ1) is 9.06. The Morgan fingerprint density at radius 3 is 2.79 bits per heavy atom. The zero-order chi connectivity index (χ0) is 13.6. The average Bonchev–Trinajstić information content (AvgIpc) is 3.14. The van der Waals surface area contributed by atoms with E-state index >= 15 is 0 Å². The Labute approximate surface area is 108 Å². The number of carbonyl (C=O) groups is 3. The Morgan fingerprint density at radius 2 is 2.11 bits per heavy atom. The molecule has 1 fully saturated rings. The van der Waals surface area contributed by atoms with E-state index in [-0.39, 0.29) is 24.1 Å². The number of anilines is 1. The molecule has 98 valence electrons. The predicted molar refractivity (Wildman–Crippen MR) is 64.2 cm³/mol. The highest BCUT2D eigenvalue weighted by Gasteiger charge is 2.37. The van der Waals surface area contributed by atoms with E-state index in [1.165, 1.54) is 6.07 Å². The number of amides is 2. The van der Waals surface area contributed by atoms with Crippen molar-refractivity contribution in [2.24, 2.45) is 0 Å². The van der Waals surface area contributed by atoms with Gasteiger partial charge in [-0.25, -0.2) is 4.39 Å². The molecule has 0 bridgehead atoms. The van der Waals surface area contributed by atoms with Gasteiger partial charge in [0.15, 0.2) is 0 Å². The summed E-state index contributed by atoms with van der Waals surface area (Å²) >= 11 is 0. The van der Waals surface area contributed by atoms with Crippen molar-refractivity contribution in [3.05, 3.63) is 29.6 Å². The van der Waals surface area contributed by atoms with Crippen LogP contribution in [0.15, 0.2) is 18.2 Å².